The fraction of sp³-hybridized carbons (Fsp3) is 0.0833. The molecule has 0 aromatic heterocycles. The third-order valence-electron chi connectivity index (χ3n) is 2.19. The molecule has 3 nitrogen and oxygen atoms in total. The van der Waals surface area contributed by atoms with Gasteiger partial charge in [-0.2, -0.15) is 0 Å². The van der Waals surface area contributed by atoms with Crippen LogP contribution in [0.4, 0.5) is 5.69 Å². The number of nitrogens with one attached hydrogen (secondary N) is 1. The number of rotatable bonds is 2. The molecule has 2 aromatic carbocycles. The molecule has 0 aliphatic heterocycles. The number of hydrogen-bond acceptors (Lipinski definition) is 1. The molecular formula is C12H10NO2. The first-order valence-corrected chi connectivity index (χ1v) is 4.67. The van der Waals surface area contributed by atoms with E-state index in [-0.39, 0.29) is 0 Å². The van der Waals surface area contributed by atoms with E-state index in [9.17, 15) is 9.90 Å². The summed E-state index contributed by atoms with van der Waals surface area (Å²) < 4.78 is 0. The quantitative estimate of drug-likeness (QED) is 0.793. The van der Waals surface area contributed by atoms with E-state index in [1.165, 1.54) is 0 Å². The molecule has 0 heterocycles. The molecule has 0 saturated carbocycles. The molecule has 0 saturated heterocycles. The van der Waals surface area contributed by atoms with Gasteiger partial charge in [-0.3, -0.25) is 4.79 Å². The van der Waals surface area contributed by atoms with Crippen LogP contribution in [-0.2, 0) is 9.90 Å². The molecule has 0 atom stereocenters. The number of amides is 1. The minimum atomic E-state index is -0.747. The molecule has 1 amide bonds. The van der Waals surface area contributed by atoms with Crippen LogP contribution in [0, 0.1) is 0 Å². The van der Waals surface area contributed by atoms with Crippen LogP contribution in [0.5, 0.6) is 0 Å². The fourth-order valence-electron chi connectivity index (χ4n) is 1.52. The molecule has 2 aromatic rings. The van der Waals surface area contributed by atoms with Crippen molar-refractivity contribution < 1.29 is 9.90 Å². The molecular weight excluding hydrogens is 190 g/mol. The molecule has 0 fully saturated rings. The number of fused-ring (bicyclic) bond motifs is 1. The first-order chi connectivity index (χ1) is 7.31. The summed E-state index contributed by atoms with van der Waals surface area (Å²) >= 11 is 0. The van der Waals surface area contributed by atoms with E-state index >= 15 is 0 Å². The van der Waals surface area contributed by atoms with Crippen LogP contribution in [0.2, 0.25) is 0 Å². The summed E-state index contributed by atoms with van der Waals surface area (Å²) in [5.41, 5.74) is 0.689. The topological polar surface area (TPSA) is 49.0 Å². The summed E-state index contributed by atoms with van der Waals surface area (Å²) in [6.45, 7) is -0.747. The van der Waals surface area contributed by atoms with Crippen molar-refractivity contribution in [3.63, 3.8) is 0 Å². The Morgan fingerprint density at radius 3 is 2.60 bits per heavy atom. The molecule has 1 N–H and O–H groups in total. The second-order valence-corrected chi connectivity index (χ2v) is 3.22. The SMILES string of the molecule is [O]CC(=O)Nc1cccc2ccccc12. The van der Waals surface area contributed by atoms with Crippen molar-refractivity contribution in [1.29, 1.82) is 0 Å². The lowest BCUT2D eigenvalue weighted by molar-refractivity contribution is -0.120. The van der Waals surface area contributed by atoms with Gasteiger partial charge in [0.1, 0.15) is 0 Å². The van der Waals surface area contributed by atoms with Crippen LogP contribution in [0.1, 0.15) is 0 Å². The van der Waals surface area contributed by atoms with Gasteiger partial charge in [-0.15, -0.1) is 0 Å². The highest BCUT2D eigenvalue weighted by atomic mass is 16.3. The second kappa shape index (κ2) is 4.11. The Bertz CT molecular complexity index is 488. The fourth-order valence-corrected chi connectivity index (χ4v) is 1.52. The Hall–Kier alpha value is -1.87. The van der Waals surface area contributed by atoms with Crippen molar-refractivity contribution in [3.8, 4) is 0 Å². The van der Waals surface area contributed by atoms with Crippen LogP contribution in [0.25, 0.3) is 10.8 Å². The zero-order chi connectivity index (χ0) is 10.7. The molecule has 0 unspecified atom stereocenters. The van der Waals surface area contributed by atoms with Gasteiger partial charge in [0.05, 0.1) is 0 Å². The van der Waals surface area contributed by atoms with Gasteiger partial charge in [-0.05, 0) is 11.5 Å². The van der Waals surface area contributed by atoms with Gasteiger partial charge in [0, 0.05) is 11.1 Å². The van der Waals surface area contributed by atoms with E-state index in [2.05, 4.69) is 5.32 Å². The molecule has 0 aliphatic carbocycles. The third kappa shape index (κ3) is 1.97. The second-order valence-electron chi connectivity index (χ2n) is 3.22. The molecule has 75 valence electrons. The number of anilines is 1. The Morgan fingerprint density at radius 2 is 1.80 bits per heavy atom. The van der Waals surface area contributed by atoms with E-state index in [1.807, 2.05) is 36.4 Å². The minimum Gasteiger partial charge on any atom is -0.323 e. The highest BCUT2D eigenvalue weighted by Crippen LogP contribution is 2.22. The highest BCUT2D eigenvalue weighted by molar-refractivity contribution is 6.02. The summed E-state index contributed by atoms with van der Waals surface area (Å²) in [7, 11) is 0. The summed E-state index contributed by atoms with van der Waals surface area (Å²) in [6.07, 6.45) is 0. The molecule has 0 aliphatic rings. The van der Waals surface area contributed by atoms with Crippen LogP contribution in [0.3, 0.4) is 0 Å². The van der Waals surface area contributed by atoms with E-state index in [0.29, 0.717) is 5.69 Å². The first kappa shape index (κ1) is 9.68. The Balaban J connectivity index is 2.46. The maximum Gasteiger partial charge on any atom is 0.253 e. The molecule has 0 bridgehead atoms. The summed E-state index contributed by atoms with van der Waals surface area (Å²) in [5, 5.41) is 14.9. The van der Waals surface area contributed by atoms with E-state index in [4.69, 9.17) is 0 Å². The predicted octanol–water partition coefficient (Wildman–Crippen LogP) is 2.21. The lowest BCUT2D eigenvalue weighted by Crippen LogP contribution is -2.14. The normalized spacial score (nSPS) is 10.2. The summed E-state index contributed by atoms with van der Waals surface area (Å²) in [6, 6.07) is 13.3. The number of hydrogen-bond donors (Lipinski definition) is 1. The number of carbonyl (C=O) groups is 1. The zero-order valence-electron chi connectivity index (χ0n) is 8.07. The van der Waals surface area contributed by atoms with Gasteiger partial charge in [0.25, 0.3) is 5.91 Å². The van der Waals surface area contributed by atoms with Crippen LogP contribution in [0.15, 0.2) is 42.5 Å². The monoisotopic (exact) mass is 200 g/mol. The lowest BCUT2D eigenvalue weighted by Gasteiger charge is -2.06. The van der Waals surface area contributed by atoms with Crippen LogP contribution in [-0.4, -0.2) is 12.5 Å². The van der Waals surface area contributed by atoms with Gasteiger partial charge in [-0.1, -0.05) is 36.4 Å². The van der Waals surface area contributed by atoms with Crippen molar-refractivity contribution in [3.05, 3.63) is 42.5 Å². The van der Waals surface area contributed by atoms with Crippen molar-refractivity contribution in [1.82, 2.24) is 0 Å². The van der Waals surface area contributed by atoms with E-state index in [0.717, 1.165) is 10.8 Å². The predicted molar refractivity (Wildman–Crippen MR) is 58.1 cm³/mol. The molecule has 1 radical (unpaired) electrons. The standard InChI is InChI=1S/C12H10NO2/c14-8-12(15)13-11-7-3-5-9-4-1-2-6-10(9)11/h1-7H,8H2,(H,13,15). The Kier molecular flexibility index (Phi) is 2.65. The van der Waals surface area contributed by atoms with Crippen LogP contribution < -0.4 is 5.32 Å². The van der Waals surface area contributed by atoms with Gasteiger partial charge in [-0.25, -0.2) is 5.11 Å². The smallest absolute Gasteiger partial charge is 0.253 e. The van der Waals surface area contributed by atoms with Gasteiger partial charge < -0.3 is 5.32 Å². The molecule has 15 heavy (non-hydrogen) atoms. The highest BCUT2D eigenvalue weighted by Gasteiger charge is 2.03. The van der Waals surface area contributed by atoms with E-state index in [1.54, 1.807) is 6.07 Å². The van der Waals surface area contributed by atoms with Crippen molar-refractivity contribution in [2.75, 3.05) is 11.9 Å². The summed E-state index contributed by atoms with van der Waals surface area (Å²) in [4.78, 5) is 11.0. The van der Waals surface area contributed by atoms with Crippen molar-refractivity contribution in [2.45, 2.75) is 0 Å². The van der Waals surface area contributed by atoms with Crippen molar-refractivity contribution in [2.24, 2.45) is 0 Å². The molecule has 0 spiro atoms. The number of carbonyl (C=O) groups excluding carboxylic acids is 1. The lowest BCUT2D eigenvalue weighted by atomic mass is 10.1. The van der Waals surface area contributed by atoms with E-state index < -0.39 is 12.5 Å². The van der Waals surface area contributed by atoms with Crippen molar-refractivity contribution >= 4 is 22.4 Å². The third-order valence-corrected chi connectivity index (χ3v) is 2.19. The van der Waals surface area contributed by atoms with Gasteiger partial charge >= 0.3 is 0 Å². The maximum absolute atomic E-state index is 11.0. The maximum atomic E-state index is 11.0. The first-order valence-electron chi connectivity index (χ1n) is 4.67. The Labute approximate surface area is 87.3 Å². The Morgan fingerprint density at radius 1 is 1.07 bits per heavy atom. The van der Waals surface area contributed by atoms with Gasteiger partial charge in [0.15, 0.2) is 6.61 Å². The van der Waals surface area contributed by atoms with Crippen LogP contribution >= 0.6 is 0 Å². The zero-order valence-corrected chi connectivity index (χ0v) is 8.07. The number of benzene rings is 2. The molecule has 3 heteroatoms. The largest absolute Gasteiger partial charge is 0.323 e. The van der Waals surface area contributed by atoms with Gasteiger partial charge in [0.2, 0.25) is 0 Å². The summed E-state index contributed by atoms with van der Waals surface area (Å²) in [5.74, 6) is -0.508. The average Bonchev–Trinajstić information content (AvgIpc) is 2.29. The average molecular weight is 200 g/mol. The minimum absolute atomic E-state index is 0.508. The molecule has 2 rings (SSSR count).